The van der Waals surface area contributed by atoms with Gasteiger partial charge in [0.05, 0.1) is 25.7 Å². The molecule has 1 aliphatic heterocycles. The van der Waals surface area contributed by atoms with Gasteiger partial charge in [-0.3, -0.25) is 0 Å². The Balaban J connectivity index is 2.01. The van der Waals surface area contributed by atoms with E-state index in [2.05, 4.69) is 15.1 Å². The van der Waals surface area contributed by atoms with Gasteiger partial charge in [0.15, 0.2) is 5.84 Å². The number of oxime groups is 1. The molecule has 0 aromatic carbocycles. The van der Waals surface area contributed by atoms with Gasteiger partial charge >= 0.3 is 0 Å². The maximum atomic E-state index is 5.40. The van der Waals surface area contributed by atoms with Crippen molar-refractivity contribution < 1.29 is 9.57 Å². The van der Waals surface area contributed by atoms with Crippen molar-refractivity contribution in [1.29, 1.82) is 0 Å². The number of ether oxygens (including phenoxy) is 1. The number of imidazole rings is 1. The van der Waals surface area contributed by atoms with E-state index in [1.54, 1.807) is 13.4 Å². The Labute approximate surface area is 122 Å². The van der Waals surface area contributed by atoms with Crippen LogP contribution in [0, 0.1) is 6.92 Å². The number of pyridine rings is 1. The lowest BCUT2D eigenvalue weighted by atomic mass is 10.2. The molecule has 0 bridgehead atoms. The Morgan fingerprint density at radius 2 is 2.19 bits per heavy atom. The summed E-state index contributed by atoms with van der Waals surface area (Å²) in [7, 11) is 3.56. The van der Waals surface area contributed by atoms with Gasteiger partial charge in [-0.1, -0.05) is 5.16 Å². The molecule has 0 amide bonds. The minimum atomic E-state index is 0.520. The Kier molecular flexibility index (Phi) is 3.47. The normalized spacial score (nSPS) is 14.6. The van der Waals surface area contributed by atoms with Crippen LogP contribution in [-0.2, 0) is 4.84 Å². The summed E-state index contributed by atoms with van der Waals surface area (Å²) in [6, 6.07) is 3.84. The summed E-state index contributed by atoms with van der Waals surface area (Å²) in [5.41, 5.74) is 2.49. The topological polar surface area (TPSA) is 64.8 Å². The van der Waals surface area contributed by atoms with Crippen LogP contribution in [0.15, 0.2) is 29.8 Å². The molecule has 3 heterocycles. The molecular weight excluding hydrogens is 270 g/mol. The highest BCUT2D eigenvalue weighted by atomic mass is 16.6. The van der Waals surface area contributed by atoms with Crippen molar-refractivity contribution >= 4 is 5.84 Å². The molecule has 0 saturated carbocycles. The Morgan fingerprint density at radius 1 is 1.33 bits per heavy atom. The Bertz CT molecular complexity index is 680. The van der Waals surface area contributed by atoms with Crippen LogP contribution >= 0.6 is 0 Å². The van der Waals surface area contributed by atoms with E-state index in [0.29, 0.717) is 18.3 Å². The quantitative estimate of drug-likeness (QED) is 0.849. The molecular formula is C14H17N5O2. The Hall–Kier alpha value is -2.57. The number of aryl methyl sites for hydroxylation is 1. The van der Waals surface area contributed by atoms with Crippen LogP contribution < -0.4 is 4.74 Å². The standard InChI is InChI=1S/C14H17N5O2/c1-10-8-19(9-15-10)12-5-4-11(16-14(12)20-3)13-17-21-7-6-18(13)2/h4-5,8-9H,6-7H2,1-3H3. The zero-order valence-electron chi connectivity index (χ0n) is 12.3. The third kappa shape index (κ3) is 2.54. The summed E-state index contributed by atoms with van der Waals surface area (Å²) in [5, 5.41) is 4.07. The molecule has 21 heavy (non-hydrogen) atoms. The van der Waals surface area contributed by atoms with Crippen molar-refractivity contribution in [1.82, 2.24) is 19.4 Å². The fourth-order valence-electron chi connectivity index (χ4n) is 2.16. The molecule has 2 aromatic rings. The van der Waals surface area contributed by atoms with E-state index in [1.807, 2.05) is 41.8 Å². The number of amidine groups is 1. The van der Waals surface area contributed by atoms with Crippen LogP contribution in [0.2, 0.25) is 0 Å². The number of aromatic nitrogens is 3. The number of rotatable bonds is 3. The van der Waals surface area contributed by atoms with E-state index in [9.17, 15) is 0 Å². The maximum absolute atomic E-state index is 5.40. The molecule has 0 spiro atoms. The molecule has 0 saturated heterocycles. The van der Waals surface area contributed by atoms with Gasteiger partial charge in [-0.2, -0.15) is 0 Å². The predicted molar refractivity (Wildman–Crippen MR) is 77.8 cm³/mol. The average Bonchev–Trinajstić information content (AvgIpc) is 2.93. The largest absolute Gasteiger partial charge is 0.479 e. The van der Waals surface area contributed by atoms with Crippen LogP contribution in [0.25, 0.3) is 5.69 Å². The van der Waals surface area contributed by atoms with Gasteiger partial charge in [-0.15, -0.1) is 0 Å². The summed E-state index contributed by atoms with van der Waals surface area (Å²) < 4.78 is 7.28. The summed E-state index contributed by atoms with van der Waals surface area (Å²) in [6.07, 6.45) is 3.66. The molecule has 2 aromatic heterocycles. The molecule has 1 aliphatic rings. The highest BCUT2D eigenvalue weighted by Crippen LogP contribution is 2.22. The van der Waals surface area contributed by atoms with Crippen molar-refractivity contribution in [3.8, 4) is 11.6 Å². The second-order valence-electron chi connectivity index (χ2n) is 4.82. The second-order valence-corrected chi connectivity index (χ2v) is 4.82. The maximum Gasteiger partial charge on any atom is 0.238 e. The van der Waals surface area contributed by atoms with Gasteiger partial charge in [0.2, 0.25) is 5.88 Å². The lowest BCUT2D eigenvalue weighted by molar-refractivity contribution is 0.109. The SMILES string of the molecule is COc1nc(C2=NOCCN2C)ccc1-n1cnc(C)c1. The van der Waals surface area contributed by atoms with Crippen LogP contribution in [0.3, 0.4) is 0 Å². The van der Waals surface area contributed by atoms with Gasteiger partial charge in [0.1, 0.15) is 18.0 Å². The van der Waals surface area contributed by atoms with E-state index >= 15 is 0 Å². The summed E-state index contributed by atoms with van der Waals surface area (Å²) in [5.74, 6) is 1.22. The third-order valence-corrected chi connectivity index (χ3v) is 3.28. The van der Waals surface area contributed by atoms with Crippen LogP contribution in [0.1, 0.15) is 11.4 Å². The lowest BCUT2D eigenvalue weighted by Gasteiger charge is -2.24. The third-order valence-electron chi connectivity index (χ3n) is 3.28. The molecule has 7 nitrogen and oxygen atoms in total. The van der Waals surface area contributed by atoms with Gasteiger partial charge in [-0.05, 0) is 19.1 Å². The summed E-state index contributed by atoms with van der Waals surface area (Å²) >= 11 is 0. The molecule has 110 valence electrons. The fraction of sp³-hybridized carbons (Fsp3) is 0.357. The van der Waals surface area contributed by atoms with Gasteiger partial charge < -0.3 is 19.0 Å². The van der Waals surface area contributed by atoms with Crippen molar-refractivity contribution in [3.63, 3.8) is 0 Å². The number of likely N-dealkylation sites (N-methyl/N-ethyl adjacent to an activating group) is 1. The van der Waals surface area contributed by atoms with Gasteiger partial charge in [0, 0.05) is 13.2 Å². The smallest absolute Gasteiger partial charge is 0.238 e. The van der Waals surface area contributed by atoms with Crippen molar-refractivity contribution in [2.24, 2.45) is 5.16 Å². The highest BCUT2D eigenvalue weighted by molar-refractivity contribution is 5.97. The first kappa shape index (κ1) is 13.4. The molecule has 0 N–H and O–H groups in total. The summed E-state index contributed by atoms with van der Waals surface area (Å²) in [6.45, 7) is 3.31. The van der Waals surface area contributed by atoms with Gasteiger partial charge in [-0.25, -0.2) is 9.97 Å². The van der Waals surface area contributed by atoms with Crippen LogP contribution in [0.5, 0.6) is 5.88 Å². The zero-order valence-corrected chi connectivity index (χ0v) is 12.3. The first-order chi connectivity index (χ1) is 10.2. The molecule has 0 radical (unpaired) electrons. The fourth-order valence-corrected chi connectivity index (χ4v) is 2.16. The Morgan fingerprint density at radius 3 is 2.86 bits per heavy atom. The van der Waals surface area contributed by atoms with Crippen molar-refractivity contribution in [3.05, 3.63) is 36.0 Å². The second kappa shape index (κ2) is 5.43. The summed E-state index contributed by atoms with van der Waals surface area (Å²) in [4.78, 5) is 15.9. The van der Waals surface area contributed by atoms with Crippen molar-refractivity contribution in [2.75, 3.05) is 27.3 Å². The van der Waals surface area contributed by atoms with E-state index in [1.165, 1.54) is 0 Å². The minimum absolute atomic E-state index is 0.520. The van der Waals surface area contributed by atoms with Crippen LogP contribution in [0.4, 0.5) is 0 Å². The molecule has 0 atom stereocenters. The van der Waals surface area contributed by atoms with E-state index in [0.717, 1.165) is 23.6 Å². The monoisotopic (exact) mass is 287 g/mol. The molecule has 0 aliphatic carbocycles. The van der Waals surface area contributed by atoms with E-state index in [-0.39, 0.29) is 0 Å². The molecule has 3 rings (SSSR count). The lowest BCUT2D eigenvalue weighted by Crippen LogP contribution is -2.35. The minimum Gasteiger partial charge on any atom is -0.479 e. The zero-order chi connectivity index (χ0) is 14.8. The average molecular weight is 287 g/mol. The number of hydrogen-bond acceptors (Lipinski definition) is 6. The number of methoxy groups -OCH3 is 1. The first-order valence-electron chi connectivity index (χ1n) is 6.66. The van der Waals surface area contributed by atoms with Gasteiger partial charge in [0.25, 0.3) is 0 Å². The molecule has 0 unspecified atom stereocenters. The van der Waals surface area contributed by atoms with E-state index in [4.69, 9.17) is 9.57 Å². The first-order valence-corrected chi connectivity index (χ1v) is 6.66. The number of nitrogens with zero attached hydrogens (tertiary/aromatic N) is 5. The molecule has 7 heteroatoms. The predicted octanol–water partition coefficient (Wildman–Crippen LogP) is 1.21. The van der Waals surface area contributed by atoms with Crippen LogP contribution in [-0.4, -0.2) is 52.6 Å². The van der Waals surface area contributed by atoms with Crippen molar-refractivity contribution in [2.45, 2.75) is 6.92 Å². The molecule has 0 fully saturated rings. The highest BCUT2D eigenvalue weighted by Gasteiger charge is 2.18. The number of hydrogen-bond donors (Lipinski definition) is 0. The van der Waals surface area contributed by atoms with E-state index < -0.39 is 0 Å².